The summed E-state index contributed by atoms with van der Waals surface area (Å²) in [4.78, 5) is 12.5. The minimum Gasteiger partial charge on any atom is -0.444 e. The lowest BCUT2D eigenvalue weighted by Crippen LogP contribution is -2.62. The van der Waals surface area contributed by atoms with Gasteiger partial charge >= 0.3 is 6.09 Å². The van der Waals surface area contributed by atoms with Crippen molar-refractivity contribution in [3.8, 4) is 0 Å². The minimum atomic E-state index is -1.10. The van der Waals surface area contributed by atoms with Crippen molar-refractivity contribution in [3.63, 3.8) is 0 Å². The Morgan fingerprint density at radius 1 is 1.10 bits per heavy atom. The number of alkyl carbamates (subject to hydrolysis) is 1. The highest BCUT2D eigenvalue weighted by atomic mass is 16.8. The first-order chi connectivity index (χ1) is 13.9. The van der Waals surface area contributed by atoms with E-state index in [1.165, 1.54) is 0 Å². The number of methoxy groups -OCH3 is 2. The van der Waals surface area contributed by atoms with Gasteiger partial charge < -0.3 is 29.0 Å². The van der Waals surface area contributed by atoms with Gasteiger partial charge in [-0.05, 0) is 47.1 Å². The maximum Gasteiger partial charge on any atom is 0.408 e. The van der Waals surface area contributed by atoms with Crippen molar-refractivity contribution in [2.24, 2.45) is 0 Å². The van der Waals surface area contributed by atoms with E-state index in [1.54, 1.807) is 28.1 Å². The Hall–Kier alpha value is -1.93. The Morgan fingerprint density at radius 3 is 2.23 bits per heavy atom. The zero-order valence-corrected chi connectivity index (χ0v) is 19.3. The minimum absolute atomic E-state index is 0.275. The standard InChI is InChI=1S/C23H35NO6/c1-20(2,3)30-19(25)24-21(4,17-12-10-9-11-13-17)15-14-18-16-28-22(5,26-7)23(6,27-8)29-18/h9-15,18H,16H2,1-8H3,(H,24,25)/t18-,21+,22-,23-/m1/s1. The summed E-state index contributed by atoms with van der Waals surface area (Å²) >= 11 is 0. The van der Waals surface area contributed by atoms with Crippen LogP contribution in [0.5, 0.6) is 0 Å². The first-order valence-electron chi connectivity index (χ1n) is 10.0. The van der Waals surface area contributed by atoms with Crippen molar-refractivity contribution in [1.29, 1.82) is 0 Å². The lowest BCUT2D eigenvalue weighted by Gasteiger charge is -2.48. The molecule has 1 aliphatic heterocycles. The van der Waals surface area contributed by atoms with Gasteiger partial charge in [-0.1, -0.05) is 42.5 Å². The molecule has 1 aromatic rings. The quantitative estimate of drug-likeness (QED) is 0.697. The summed E-state index contributed by atoms with van der Waals surface area (Å²) < 4.78 is 28.6. The highest BCUT2D eigenvalue weighted by molar-refractivity contribution is 5.69. The van der Waals surface area contributed by atoms with Crippen LogP contribution in [0.15, 0.2) is 42.5 Å². The highest BCUT2D eigenvalue weighted by Crippen LogP contribution is 2.37. The van der Waals surface area contributed by atoms with Crippen molar-refractivity contribution < 1.29 is 28.5 Å². The molecule has 1 saturated heterocycles. The normalized spacial score (nSPS) is 29.4. The van der Waals surface area contributed by atoms with Crippen LogP contribution in [-0.4, -0.2) is 50.2 Å². The van der Waals surface area contributed by atoms with Crippen molar-refractivity contribution >= 4 is 6.09 Å². The molecule has 0 bridgehead atoms. The Kier molecular flexibility index (Phi) is 7.35. The van der Waals surface area contributed by atoms with E-state index < -0.39 is 34.9 Å². The highest BCUT2D eigenvalue weighted by Gasteiger charge is 2.53. The fourth-order valence-corrected chi connectivity index (χ4v) is 3.18. The van der Waals surface area contributed by atoms with Crippen LogP contribution in [0.25, 0.3) is 0 Å². The molecule has 0 radical (unpaired) electrons. The molecule has 1 heterocycles. The van der Waals surface area contributed by atoms with Gasteiger partial charge in [0.1, 0.15) is 11.7 Å². The smallest absolute Gasteiger partial charge is 0.408 e. The van der Waals surface area contributed by atoms with E-state index in [-0.39, 0.29) is 6.61 Å². The van der Waals surface area contributed by atoms with E-state index in [0.717, 1.165) is 5.56 Å². The van der Waals surface area contributed by atoms with Crippen LogP contribution in [-0.2, 0) is 29.2 Å². The molecule has 0 aromatic heterocycles. The molecule has 0 aliphatic carbocycles. The average molecular weight is 422 g/mol. The Morgan fingerprint density at radius 2 is 1.70 bits per heavy atom. The molecule has 1 aliphatic rings. The van der Waals surface area contributed by atoms with Gasteiger partial charge in [0.2, 0.25) is 11.6 Å². The van der Waals surface area contributed by atoms with Crippen LogP contribution in [0.3, 0.4) is 0 Å². The molecule has 1 amide bonds. The third-order valence-electron chi connectivity index (χ3n) is 5.28. The Labute approximate surface area is 179 Å². The van der Waals surface area contributed by atoms with E-state index in [0.29, 0.717) is 0 Å². The Balaban J connectivity index is 2.26. The van der Waals surface area contributed by atoms with Crippen LogP contribution in [0, 0.1) is 0 Å². The van der Waals surface area contributed by atoms with E-state index in [2.05, 4.69) is 5.32 Å². The molecule has 7 nitrogen and oxygen atoms in total. The number of rotatable bonds is 6. The van der Waals surface area contributed by atoms with Gasteiger partial charge in [-0.3, -0.25) is 0 Å². The summed E-state index contributed by atoms with van der Waals surface area (Å²) in [5.74, 6) is -2.14. The molecule has 0 saturated carbocycles. The molecular formula is C23H35NO6. The first kappa shape index (κ1) is 24.3. The third-order valence-corrected chi connectivity index (χ3v) is 5.28. The zero-order chi connectivity index (χ0) is 22.6. The van der Waals surface area contributed by atoms with E-state index in [1.807, 2.05) is 70.2 Å². The molecule has 1 N–H and O–H groups in total. The molecule has 4 atom stereocenters. The topological polar surface area (TPSA) is 75.3 Å². The number of nitrogens with one attached hydrogen (secondary N) is 1. The maximum absolute atomic E-state index is 12.5. The summed E-state index contributed by atoms with van der Waals surface area (Å²) in [5, 5.41) is 2.97. The fraction of sp³-hybridized carbons (Fsp3) is 0.609. The summed E-state index contributed by atoms with van der Waals surface area (Å²) in [5.41, 5.74) is -0.519. The van der Waals surface area contributed by atoms with E-state index in [4.69, 9.17) is 23.7 Å². The van der Waals surface area contributed by atoms with Gasteiger partial charge in [0.15, 0.2) is 0 Å². The van der Waals surface area contributed by atoms with Gasteiger partial charge in [-0.2, -0.15) is 0 Å². The largest absolute Gasteiger partial charge is 0.444 e. The second-order valence-electron chi connectivity index (χ2n) is 8.82. The van der Waals surface area contributed by atoms with Crippen LogP contribution < -0.4 is 5.32 Å². The molecule has 7 heteroatoms. The van der Waals surface area contributed by atoms with Crippen LogP contribution >= 0.6 is 0 Å². The first-order valence-corrected chi connectivity index (χ1v) is 10.0. The summed E-state index contributed by atoms with van der Waals surface area (Å²) in [6.07, 6.45) is 2.83. The second kappa shape index (κ2) is 9.06. The molecular weight excluding hydrogens is 386 g/mol. The maximum atomic E-state index is 12.5. The molecule has 1 aromatic carbocycles. The predicted molar refractivity (Wildman–Crippen MR) is 114 cm³/mol. The molecule has 0 unspecified atom stereocenters. The molecule has 168 valence electrons. The van der Waals surface area contributed by atoms with Gasteiger partial charge in [0, 0.05) is 14.2 Å². The number of hydrogen-bond donors (Lipinski definition) is 1. The number of carbonyl (C=O) groups excluding carboxylic acids is 1. The van der Waals surface area contributed by atoms with Crippen molar-refractivity contribution in [2.75, 3.05) is 20.8 Å². The molecule has 30 heavy (non-hydrogen) atoms. The lowest BCUT2D eigenvalue weighted by molar-refractivity contribution is -0.425. The van der Waals surface area contributed by atoms with Gasteiger partial charge in [-0.15, -0.1) is 0 Å². The van der Waals surface area contributed by atoms with Gasteiger partial charge in [0.05, 0.1) is 12.1 Å². The summed E-state index contributed by atoms with van der Waals surface area (Å²) in [6.45, 7) is 11.2. The van der Waals surface area contributed by atoms with Crippen molar-refractivity contribution in [3.05, 3.63) is 48.0 Å². The molecule has 0 spiro atoms. The SMILES string of the molecule is CO[C@]1(C)OC[C@@H](C=C[C@](C)(NC(=O)OC(C)(C)C)c2ccccc2)O[C@@]1(C)OC. The van der Waals surface area contributed by atoms with Crippen LogP contribution in [0.2, 0.25) is 0 Å². The number of benzene rings is 1. The van der Waals surface area contributed by atoms with Gasteiger partial charge in [-0.25, -0.2) is 4.79 Å². The number of ether oxygens (including phenoxy) is 5. The monoisotopic (exact) mass is 421 g/mol. The number of amides is 1. The van der Waals surface area contributed by atoms with Crippen LogP contribution in [0.1, 0.15) is 47.1 Å². The predicted octanol–water partition coefficient (Wildman–Crippen LogP) is 4.12. The average Bonchev–Trinajstić information content (AvgIpc) is 2.68. The summed E-state index contributed by atoms with van der Waals surface area (Å²) in [7, 11) is 3.10. The summed E-state index contributed by atoms with van der Waals surface area (Å²) in [6, 6.07) is 9.66. The van der Waals surface area contributed by atoms with Crippen LogP contribution in [0.4, 0.5) is 4.79 Å². The lowest BCUT2D eigenvalue weighted by atomic mass is 9.91. The zero-order valence-electron chi connectivity index (χ0n) is 19.3. The van der Waals surface area contributed by atoms with E-state index in [9.17, 15) is 4.79 Å². The third kappa shape index (κ3) is 5.60. The van der Waals surface area contributed by atoms with Crippen molar-refractivity contribution in [2.45, 2.75) is 70.4 Å². The Bertz CT molecular complexity index is 746. The van der Waals surface area contributed by atoms with Crippen molar-refractivity contribution in [1.82, 2.24) is 5.32 Å². The number of hydrogen-bond acceptors (Lipinski definition) is 6. The fourth-order valence-electron chi connectivity index (χ4n) is 3.18. The number of carbonyl (C=O) groups is 1. The second-order valence-corrected chi connectivity index (χ2v) is 8.82. The van der Waals surface area contributed by atoms with E-state index >= 15 is 0 Å². The molecule has 2 rings (SSSR count). The van der Waals surface area contributed by atoms with Gasteiger partial charge in [0.25, 0.3) is 0 Å². The molecule has 1 fully saturated rings.